The van der Waals surface area contributed by atoms with Crippen molar-refractivity contribution in [3.8, 4) is 0 Å². The zero-order chi connectivity index (χ0) is 20.7. The molecule has 0 aliphatic carbocycles. The van der Waals surface area contributed by atoms with Gasteiger partial charge in [0.2, 0.25) is 0 Å². The number of anilines is 1. The number of nitrogens with one attached hydrogen (secondary N) is 2. The second-order valence-corrected chi connectivity index (χ2v) is 6.75. The van der Waals surface area contributed by atoms with Gasteiger partial charge in [0, 0.05) is 6.42 Å². The largest absolute Gasteiger partial charge is 0.454 e. The highest BCUT2D eigenvalue weighted by Gasteiger charge is 2.23. The van der Waals surface area contributed by atoms with Gasteiger partial charge in [-0.2, -0.15) is 0 Å². The summed E-state index contributed by atoms with van der Waals surface area (Å²) in [7, 11) is 0. The fourth-order valence-corrected chi connectivity index (χ4v) is 3.07. The molecular weight excluding hydrogens is 382 g/mol. The van der Waals surface area contributed by atoms with Crippen LogP contribution in [0.5, 0.6) is 0 Å². The summed E-state index contributed by atoms with van der Waals surface area (Å²) in [6.45, 7) is 3.19. The van der Waals surface area contributed by atoms with Gasteiger partial charge >= 0.3 is 12.0 Å². The van der Waals surface area contributed by atoms with E-state index in [2.05, 4.69) is 10.6 Å². The van der Waals surface area contributed by atoms with Crippen LogP contribution < -0.4 is 16.4 Å². The first-order valence-electron chi connectivity index (χ1n) is 8.59. The molecule has 0 unspecified atom stereocenters. The van der Waals surface area contributed by atoms with Crippen LogP contribution in [0.4, 0.5) is 10.5 Å². The quantitative estimate of drug-likeness (QED) is 0.617. The molecule has 2 aromatic carbocycles. The van der Waals surface area contributed by atoms with Gasteiger partial charge in [-0.15, -0.1) is 0 Å². The van der Waals surface area contributed by atoms with Crippen LogP contribution in [0.3, 0.4) is 0 Å². The van der Waals surface area contributed by atoms with Gasteiger partial charge in [0.05, 0.1) is 10.7 Å². The molecule has 0 aliphatic rings. The summed E-state index contributed by atoms with van der Waals surface area (Å²) in [6, 6.07) is 10.8. The van der Waals surface area contributed by atoms with Crippen molar-refractivity contribution >= 4 is 35.2 Å². The van der Waals surface area contributed by atoms with Crippen LogP contribution in [0.25, 0.3) is 0 Å². The second kappa shape index (κ2) is 9.75. The maximum atomic E-state index is 12.3. The number of carbonyl (C=O) groups excluding carboxylic acids is 3. The first-order valence-corrected chi connectivity index (χ1v) is 8.97. The molecule has 2 rings (SSSR count). The van der Waals surface area contributed by atoms with E-state index >= 15 is 0 Å². The Kier molecular flexibility index (Phi) is 7.40. The molecular formula is C20H22ClN3O4. The molecule has 0 heterocycles. The number of aryl methyl sites for hydroxylation is 2. The molecule has 0 bridgehead atoms. The lowest BCUT2D eigenvalue weighted by Gasteiger charge is -2.17. The van der Waals surface area contributed by atoms with Crippen molar-refractivity contribution < 1.29 is 19.1 Å². The van der Waals surface area contributed by atoms with E-state index in [1.165, 1.54) is 0 Å². The Bertz CT molecular complexity index is 848. The third kappa shape index (κ3) is 6.28. The normalized spacial score (nSPS) is 11.4. The van der Waals surface area contributed by atoms with E-state index in [1.807, 2.05) is 38.1 Å². The number of carbonyl (C=O) groups is 3. The fraction of sp³-hybridized carbons (Fsp3) is 0.250. The molecule has 1 atom stereocenters. The fourth-order valence-electron chi connectivity index (χ4n) is 2.70. The first kappa shape index (κ1) is 21.2. The summed E-state index contributed by atoms with van der Waals surface area (Å²) < 4.78 is 5.05. The van der Waals surface area contributed by atoms with E-state index in [0.29, 0.717) is 10.7 Å². The van der Waals surface area contributed by atoms with Crippen LogP contribution in [-0.2, 0) is 20.7 Å². The van der Waals surface area contributed by atoms with Gasteiger partial charge in [-0.3, -0.25) is 4.79 Å². The maximum absolute atomic E-state index is 12.3. The molecule has 0 aromatic heterocycles. The molecule has 0 saturated heterocycles. The second-order valence-electron chi connectivity index (χ2n) is 6.35. The number of ether oxygens (including phenoxy) is 1. The van der Waals surface area contributed by atoms with Gasteiger partial charge in [0.1, 0.15) is 6.04 Å². The zero-order valence-electron chi connectivity index (χ0n) is 15.6. The minimum absolute atomic E-state index is 0.188. The lowest BCUT2D eigenvalue weighted by atomic mass is 10.1. The monoisotopic (exact) mass is 403 g/mol. The standard InChI is InChI=1S/C20H22ClN3O4/c1-12-8-13(2)18(15(21)9-12)24-17(25)11-28-19(26)16(23-20(22)27)10-14-6-4-3-5-7-14/h3-9,16H,10-11H2,1-2H3,(H,24,25)(H3,22,23,27)/t16-/m0/s1. The summed E-state index contributed by atoms with van der Waals surface area (Å²) in [5.74, 6) is -1.30. The van der Waals surface area contributed by atoms with Crippen molar-refractivity contribution in [3.63, 3.8) is 0 Å². The molecule has 7 nitrogen and oxygen atoms in total. The maximum Gasteiger partial charge on any atom is 0.329 e. The van der Waals surface area contributed by atoms with Gasteiger partial charge in [-0.25, -0.2) is 9.59 Å². The van der Waals surface area contributed by atoms with Crippen LogP contribution >= 0.6 is 11.6 Å². The Morgan fingerprint density at radius 3 is 2.43 bits per heavy atom. The number of hydrogen-bond acceptors (Lipinski definition) is 4. The number of esters is 1. The minimum Gasteiger partial charge on any atom is -0.454 e. The van der Waals surface area contributed by atoms with Crippen LogP contribution in [0, 0.1) is 13.8 Å². The molecule has 3 amide bonds. The average molecular weight is 404 g/mol. The van der Waals surface area contributed by atoms with Crippen LogP contribution in [0.15, 0.2) is 42.5 Å². The number of halogens is 1. The predicted octanol–water partition coefficient (Wildman–Crippen LogP) is 2.72. The molecule has 28 heavy (non-hydrogen) atoms. The Morgan fingerprint density at radius 2 is 1.82 bits per heavy atom. The molecule has 0 spiro atoms. The van der Waals surface area contributed by atoms with Gasteiger partial charge in [-0.1, -0.05) is 48.0 Å². The Labute approximate surface area is 168 Å². The van der Waals surface area contributed by atoms with E-state index in [1.54, 1.807) is 18.2 Å². The highest BCUT2D eigenvalue weighted by molar-refractivity contribution is 6.34. The number of nitrogens with two attached hydrogens (primary N) is 1. The van der Waals surface area contributed by atoms with E-state index in [4.69, 9.17) is 22.1 Å². The Morgan fingerprint density at radius 1 is 1.14 bits per heavy atom. The summed E-state index contributed by atoms with van der Waals surface area (Å²) in [6.07, 6.45) is 0.188. The van der Waals surface area contributed by atoms with Crippen molar-refractivity contribution in [1.29, 1.82) is 0 Å². The number of rotatable bonds is 7. The number of hydrogen-bond donors (Lipinski definition) is 3. The zero-order valence-corrected chi connectivity index (χ0v) is 16.4. The lowest BCUT2D eigenvalue weighted by molar-refractivity contribution is -0.149. The van der Waals surface area contributed by atoms with E-state index in [0.717, 1.165) is 16.7 Å². The summed E-state index contributed by atoms with van der Waals surface area (Å²) in [5, 5.41) is 5.37. The summed E-state index contributed by atoms with van der Waals surface area (Å²) in [5.41, 5.74) is 8.17. The van der Waals surface area contributed by atoms with Crippen LogP contribution in [0.1, 0.15) is 16.7 Å². The third-order valence-electron chi connectivity index (χ3n) is 3.93. The molecule has 2 aromatic rings. The van der Waals surface area contributed by atoms with Crippen molar-refractivity contribution in [2.75, 3.05) is 11.9 Å². The van der Waals surface area contributed by atoms with E-state index < -0.39 is 30.6 Å². The summed E-state index contributed by atoms with van der Waals surface area (Å²) >= 11 is 6.16. The van der Waals surface area contributed by atoms with Gasteiger partial charge < -0.3 is 21.1 Å². The predicted molar refractivity (Wildman–Crippen MR) is 107 cm³/mol. The number of amides is 3. The number of benzene rings is 2. The first-order chi connectivity index (χ1) is 13.3. The molecule has 0 radical (unpaired) electrons. The lowest BCUT2D eigenvalue weighted by Crippen LogP contribution is -2.46. The molecule has 0 aliphatic heterocycles. The number of urea groups is 1. The topological polar surface area (TPSA) is 111 Å². The average Bonchev–Trinajstić information content (AvgIpc) is 2.62. The smallest absolute Gasteiger partial charge is 0.329 e. The Balaban J connectivity index is 1.97. The van der Waals surface area contributed by atoms with E-state index in [-0.39, 0.29) is 6.42 Å². The van der Waals surface area contributed by atoms with Gasteiger partial charge in [0.15, 0.2) is 6.61 Å². The van der Waals surface area contributed by atoms with Crippen LogP contribution in [0.2, 0.25) is 5.02 Å². The van der Waals surface area contributed by atoms with Crippen molar-refractivity contribution in [2.24, 2.45) is 5.73 Å². The molecule has 4 N–H and O–H groups in total. The minimum atomic E-state index is -1.00. The summed E-state index contributed by atoms with van der Waals surface area (Å²) in [4.78, 5) is 35.7. The molecule has 8 heteroatoms. The van der Waals surface area contributed by atoms with Crippen LogP contribution in [-0.4, -0.2) is 30.6 Å². The SMILES string of the molecule is Cc1cc(C)c(NC(=O)COC(=O)[C@H](Cc2ccccc2)NC(N)=O)c(Cl)c1. The molecule has 0 saturated carbocycles. The highest BCUT2D eigenvalue weighted by Crippen LogP contribution is 2.27. The van der Waals surface area contributed by atoms with Gasteiger partial charge in [0.25, 0.3) is 5.91 Å². The Hall–Kier alpha value is -3.06. The molecule has 148 valence electrons. The third-order valence-corrected chi connectivity index (χ3v) is 4.22. The highest BCUT2D eigenvalue weighted by atomic mass is 35.5. The number of primary amides is 1. The van der Waals surface area contributed by atoms with Gasteiger partial charge in [-0.05, 0) is 36.6 Å². The molecule has 0 fully saturated rings. The van der Waals surface area contributed by atoms with E-state index in [9.17, 15) is 14.4 Å². The van der Waals surface area contributed by atoms with Crippen molar-refractivity contribution in [3.05, 3.63) is 64.2 Å². The van der Waals surface area contributed by atoms with Crippen molar-refractivity contribution in [2.45, 2.75) is 26.3 Å². The van der Waals surface area contributed by atoms with Crippen molar-refractivity contribution in [1.82, 2.24) is 5.32 Å².